The number of aromatic nitrogens is 2. The van der Waals surface area contributed by atoms with E-state index in [4.69, 9.17) is 0 Å². The van der Waals surface area contributed by atoms with Crippen molar-refractivity contribution < 1.29 is 4.79 Å². The molecule has 0 saturated heterocycles. The Morgan fingerprint density at radius 3 is 2.52 bits per heavy atom. The van der Waals surface area contributed by atoms with Crippen LogP contribution in [0.15, 0.2) is 36.7 Å². The van der Waals surface area contributed by atoms with Crippen molar-refractivity contribution in [1.82, 2.24) is 9.97 Å². The van der Waals surface area contributed by atoms with Crippen LogP contribution in [0, 0.1) is 5.92 Å². The van der Waals surface area contributed by atoms with E-state index in [1.165, 1.54) is 0 Å². The van der Waals surface area contributed by atoms with Gasteiger partial charge in [0.1, 0.15) is 0 Å². The van der Waals surface area contributed by atoms with E-state index < -0.39 is 0 Å². The molecule has 0 bridgehead atoms. The summed E-state index contributed by atoms with van der Waals surface area (Å²) >= 11 is 0. The van der Waals surface area contributed by atoms with Gasteiger partial charge in [-0.2, -0.15) is 0 Å². The number of hydrogen-bond acceptors (Lipinski definition) is 4. The van der Waals surface area contributed by atoms with Crippen LogP contribution in [-0.4, -0.2) is 22.4 Å². The van der Waals surface area contributed by atoms with Gasteiger partial charge in [0.15, 0.2) is 0 Å². The van der Waals surface area contributed by atoms with Gasteiger partial charge in [0.2, 0.25) is 5.95 Å². The maximum Gasteiger partial charge on any atom is 0.258 e. The minimum Gasteiger partial charge on any atom is -0.354 e. The SMILES string of the molecule is CCc1ccccc1NC(=O)c1cnc(NCCC(C)C)nc1. The number of nitrogens with one attached hydrogen (secondary N) is 2. The zero-order valence-corrected chi connectivity index (χ0v) is 14.0. The molecule has 0 aliphatic rings. The minimum absolute atomic E-state index is 0.195. The molecule has 0 aliphatic carbocycles. The summed E-state index contributed by atoms with van der Waals surface area (Å²) in [5, 5.41) is 6.07. The number of aryl methyl sites for hydroxylation is 1. The Morgan fingerprint density at radius 1 is 1.17 bits per heavy atom. The highest BCUT2D eigenvalue weighted by atomic mass is 16.1. The molecule has 2 N–H and O–H groups in total. The highest BCUT2D eigenvalue weighted by molar-refractivity contribution is 6.04. The molecule has 1 aromatic carbocycles. The molecule has 1 heterocycles. The first-order valence-electron chi connectivity index (χ1n) is 8.05. The number of amides is 1. The molecular formula is C18H24N4O. The summed E-state index contributed by atoms with van der Waals surface area (Å²) in [6.45, 7) is 7.23. The Kier molecular flexibility index (Phi) is 6.09. The molecule has 0 unspecified atom stereocenters. The van der Waals surface area contributed by atoms with Crippen molar-refractivity contribution in [3.8, 4) is 0 Å². The molecule has 0 aliphatic heterocycles. The lowest BCUT2D eigenvalue weighted by Gasteiger charge is -2.10. The summed E-state index contributed by atoms with van der Waals surface area (Å²) in [6, 6.07) is 7.79. The van der Waals surface area contributed by atoms with Crippen molar-refractivity contribution in [1.29, 1.82) is 0 Å². The second-order valence-electron chi connectivity index (χ2n) is 5.87. The number of para-hydroxylation sites is 1. The van der Waals surface area contributed by atoms with E-state index in [1.54, 1.807) is 12.4 Å². The molecule has 0 fully saturated rings. The van der Waals surface area contributed by atoms with Crippen molar-refractivity contribution >= 4 is 17.5 Å². The van der Waals surface area contributed by atoms with Crippen molar-refractivity contribution in [3.63, 3.8) is 0 Å². The van der Waals surface area contributed by atoms with Crippen LogP contribution in [0.1, 0.15) is 43.1 Å². The molecule has 2 rings (SSSR count). The predicted molar refractivity (Wildman–Crippen MR) is 93.7 cm³/mol. The molecule has 2 aromatic rings. The fourth-order valence-electron chi connectivity index (χ4n) is 2.15. The first-order chi connectivity index (χ1) is 11.1. The standard InChI is InChI=1S/C18H24N4O/c1-4-14-7-5-6-8-16(14)22-17(23)15-11-20-18(21-12-15)19-10-9-13(2)3/h5-8,11-13H,4,9-10H2,1-3H3,(H,22,23)(H,19,20,21). The molecule has 1 aromatic heterocycles. The Morgan fingerprint density at radius 2 is 1.87 bits per heavy atom. The molecule has 5 nitrogen and oxygen atoms in total. The van der Waals surface area contributed by atoms with Gasteiger partial charge in [-0.25, -0.2) is 9.97 Å². The van der Waals surface area contributed by atoms with Crippen LogP contribution in [0.3, 0.4) is 0 Å². The molecule has 0 saturated carbocycles. The molecule has 0 radical (unpaired) electrons. The lowest BCUT2D eigenvalue weighted by atomic mass is 10.1. The number of hydrogen-bond donors (Lipinski definition) is 2. The number of carbonyl (C=O) groups excluding carboxylic acids is 1. The largest absolute Gasteiger partial charge is 0.354 e. The Bertz CT molecular complexity index is 638. The summed E-state index contributed by atoms with van der Waals surface area (Å²) in [7, 11) is 0. The van der Waals surface area contributed by atoms with Crippen molar-refractivity contribution in [2.75, 3.05) is 17.2 Å². The summed E-state index contributed by atoms with van der Waals surface area (Å²) in [5.74, 6) is 0.988. The summed E-state index contributed by atoms with van der Waals surface area (Å²) in [6.07, 6.45) is 5.02. The van der Waals surface area contributed by atoms with E-state index in [0.29, 0.717) is 17.4 Å². The van der Waals surface area contributed by atoms with Crippen LogP contribution in [0.5, 0.6) is 0 Å². The molecule has 0 atom stereocenters. The minimum atomic E-state index is -0.195. The zero-order valence-electron chi connectivity index (χ0n) is 14.0. The Balaban J connectivity index is 1.97. The van der Waals surface area contributed by atoms with E-state index in [-0.39, 0.29) is 5.91 Å². The van der Waals surface area contributed by atoms with Gasteiger partial charge < -0.3 is 10.6 Å². The van der Waals surface area contributed by atoms with Crippen LogP contribution in [0.4, 0.5) is 11.6 Å². The molecule has 122 valence electrons. The van der Waals surface area contributed by atoms with Gasteiger partial charge in [-0.3, -0.25) is 4.79 Å². The van der Waals surface area contributed by atoms with Gasteiger partial charge in [-0.15, -0.1) is 0 Å². The summed E-state index contributed by atoms with van der Waals surface area (Å²) in [4.78, 5) is 20.7. The molecule has 5 heteroatoms. The summed E-state index contributed by atoms with van der Waals surface area (Å²) < 4.78 is 0. The quantitative estimate of drug-likeness (QED) is 0.817. The monoisotopic (exact) mass is 312 g/mol. The van der Waals surface area contributed by atoms with Gasteiger partial charge in [-0.05, 0) is 30.4 Å². The van der Waals surface area contributed by atoms with Crippen molar-refractivity contribution in [3.05, 3.63) is 47.8 Å². The second-order valence-corrected chi connectivity index (χ2v) is 5.87. The first-order valence-corrected chi connectivity index (χ1v) is 8.05. The van der Waals surface area contributed by atoms with E-state index in [2.05, 4.69) is 41.4 Å². The molecule has 1 amide bonds. The summed E-state index contributed by atoms with van der Waals surface area (Å²) in [5.41, 5.74) is 2.39. The van der Waals surface area contributed by atoms with Crippen LogP contribution in [0.2, 0.25) is 0 Å². The fraction of sp³-hybridized carbons (Fsp3) is 0.389. The smallest absolute Gasteiger partial charge is 0.258 e. The van der Waals surface area contributed by atoms with Gasteiger partial charge in [0.05, 0.1) is 5.56 Å². The third-order valence-corrected chi connectivity index (χ3v) is 3.57. The topological polar surface area (TPSA) is 66.9 Å². The van der Waals surface area contributed by atoms with Crippen LogP contribution >= 0.6 is 0 Å². The van der Waals surface area contributed by atoms with E-state index in [1.807, 2.05) is 24.3 Å². The lowest BCUT2D eigenvalue weighted by molar-refractivity contribution is 0.102. The second kappa shape index (κ2) is 8.27. The average molecular weight is 312 g/mol. The van der Waals surface area contributed by atoms with Gasteiger partial charge in [0.25, 0.3) is 5.91 Å². The van der Waals surface area contributed by atoms with Crippen molar-refractivity contribution in [2.24, 2.45) is 5.92 Å². The number of anilines is 2. The third-order valence-electron chi connectivity index (χ3n) is 3.57. The van der Waals surface area contributed by atoms with Gasteiger partial charge in [0, 0.05) is 24.6 Å². The Hall–Kier alpha value is -2.43. The normalized spacial score (nSPS) is 10.6. The fourth-order valence-corrected chi connectivity index (χ4v) is 2.15. The third kappa shape index (κ3) is 5.06. The van der Waals surface area contributed by atoms with Crippen LogP contribution in [-0.2, 0) is 6.42 Å². The van der Waals surface area contributed by atoms with Crippen LogP contribution in [0.25, 0.3) is 0 Å². The number of nitrogens with zero attached hydrogens (tertiary/aromatic N) is 2. The van der Waals surface area contributed by atoms with E-state index in [9.17, 15) is 4.79 Å². The zero-order chi connectivity index (χ0) is 16.7. The van der Waals surface area contributed by atoms with Crippen LogP contribution < -0.4 is 10.6 Å². The number of rotatable bonds is 7. The highest BCUT2D eigenvalue weighted by Gasteiger charge is 2.09. The highest BCUT2D eigenvalue weighted by Crippen LogP contribution is 2.16. The average Bonchev–Trinajstić information content (AvgIpc) is 2.55. The maximum atomic E-state index is 12.3. The molecule has 23 heavy (non-hydrogen) atoms. The van der Waals surface area contributed by atoms with Crippen molar-refractivity contribution in [2.45, 2.75) is 33.6 Å². The van der Waals surface area contributed by atoms with E-state index >= 15 is 0 Å². The lowest BCUT2D eigenvalue weighted by Crippen LogP contribution is -2.15. The van der Waals surface area contributed by atoms with Gasteiger partial charge >= 0.3 is 0 Å². The maximum absolute atomic E-state index is 12.3. The Labute approximate surface area is 137 Å². The predicted octanol–water partition coefficient (Wildman–Crippen LogP) is 3.75. The first kappa shape index (κ1) is 16.9. The molecule has 0 spiro atoms. The number of benzene rings is 1. The van der Waals surface area contributed by atoms with Gasteiger partial charge in [-0.1, -0.05) is 39.0 Å². The van der Waals surface area contributed by atoms with E-state index in [0.717, 1.165) is 30.6 Å². The number of carbonyl (C=O) groups is 1. The molecular weight excluding hydrogens is 288 g/mol.